The van der Waals surface area contributed by atoms with Crippen molar-refractivity contribution in [1.82, 2.24) is 0 Å². The summed E-state index contributed by atoms with van der Waals surface area (Å²) in [5.41, 5.74) is 1.33. The van der Waals surface area contributed by atoms with Gasteiger partial charge in [0.15, 0.2) is 11.6 Å². The van der Waals surface area contributed by atoms with Crippen LogP contribution >= 0.6 is 11.6 Å². The molecular formula is C14H11ClFNO2. The topological polar surface area (TPSA) is 49.3 Å². The average Bonchev–Trinajstić information content (AvgIpc) is 2.37. The minimum absolute atomic E-state index is 0.264. The summed E-state index contributed by atoms with van der Waals surface area (Å²) in [5, 5.41) is 12.1. The van der Waals surface area contributed by atoms with Crippen molar-refractivity contribution in [1.29, 1.82) is 0 Å². The van der Waals surface area contributed by atoms with Gasteiger partial charge < -0.3 is 10.4 Å². The van der Waals surface area contributed by atoms with Gasteiger partial charge in [-0.2, -0.15) is 0 Å². The molecule has 1 amide bonds. The van der Waals surface area contributed by atoms with Crippen molar-refractivity contribution < 1.29 is 14.3 Å². The Labute approximate surface area is 114 Å². The monoisotopic (exact) mass is 279 g/mol. The van der Waals surface area contributed by atoms with E-state index in [1.54, 1.807) is 25.1 Å². The Morgan fingerprint density at radius 2 is 2.05 bits per heavy atom. The number of anilines is 1. The first-order valence-corrected chi connectivity index (χ1v) is 5.92. The number of hydrogen-bond donors (Lipinski definition) is 2. The van der Waals surface area contributed by atoms with Gasteiger partial charge in [0.1, 0.15) is 0 Å². The number of aromatic hydroxyl groups is 1. The van der Waals surface area contributed by atoms with Gasteiger partial charge in [0, 0.05) is 22.3 Å². The second-order valence-corrected chi connectivity index (χ2v) is 4.44. The third-order valence-corrected chi connectivity index (χ3v) is 3.13. The maximum Gasteiger partial charge on any atom is 0.255 e. The Morgan fingerprint density at radius 1 is 1.32 bits per heavy atom. The number of benzene rings is 2. The summed E-state index contributed by atoms with van der Waals surface area (Å²) in [7, 11) is 0. The summed E-state index contributed by atoms with van der Waals surface area (Å²) in [4.78, 5) is 12.0. The van der Waals surface area contributed by atoms with E-state index in [2.05, 4.69) is 5.32 Å². The summed E-state index contributed by atoms with van der Waals surface area (Å²) >= 11 is 5.93. The molecule has 0 aliphatic heterocycles. The summed E-state index contributed by atoms with van der Waals surface area (Å²) in [6.45, 7) is 1.73. The fourth-order valence-electron chi connectivity index (χ4n) is 1.64. The summed E-state index contributed by atoms with van der Waals surface area (Å²) < 4.78 is 13.2. The molecule has 0 fully saturated rings. The van der Waals surface area contributed by atoms with E-state index in [4.69, 9.17) is 16.7 Å². The van der Waals surface area contributed by atoms with Gasteiger partial charge in [-0.3, -0.25) is 4.79 Å². The molecule has 2 aromatic carbocycles. The molecule has 2 N–H and O–H groups in total. The summed E-state index contributed by atoms with van der Waals surface area (Å²) in [6.07, 6.45) is 0. The minimum atomic E-state index is -0.791. The molecule has 2 aromatic rings. The highest BCUT2D eigenvalue weighted by Crippen LogP contribution is 2.22. The van der Waals surface area contributed by atoms with Gasteiger partial charge in [0.05, 0.1) is 0 Å². The van der Waals surface area contributed by atoms with Crippen LogP contribution in [0.25, 0.3) is 0 Å². The van der Waals surface area contributed by atoms with E-state index in [9.17, 15) is 9.18 Å². The number of carbonyl (C=O) groups is 1. The molecule has 0 heterocycles. The fourth-order valence-corrected chi connectivity index (χ4v) is 1.81. The maximum absolute atomic E-state index is 13.2. The van der Waals surface area contributed by atoms with Crippen molar-refractivity contribution in [3.8, 4) is 5.75 Å². The van der Waals surface area contributed by atoms with Gasteiger partial charge in [-0.05, 0) is 36.8 Å². The standard InChI is InChI=1S/C14H11ClFNO2/c1-8-10(3-2-4-11(8)15)14(19)17-9-5-6-13(18)12(16)7-9/h2-7,18H,1H3,(H,17,19). The summed E-state index contributed by atoms with van der Waals surface area (Å²) in [5.74, 6) is -1.64. The molecule has 0 unspecified atom stereocenters. The lowest BCUT2D eigenvalue weighted by molar-refractivity contribution is 0.102. The normalized spacial score (nSPS) is 10.3. The van der Waals surface area contributed by atoms with Gasteiger partial charge in [0.2, 0.25) is 0 Å². The lowest BCUT2D eigenvalue weighted by Crippen LogP contribution is -2.13. The molecule has 98 valence electrons. The van der Waals surface area contributed by atoms with Crippen LogP contribution in [0.1, 0.15) is 15.9 Å². The second kappa shape index (κ2) is 5.28. The van der Waals surface area contributed by atoms with Crippen molar-refractivity contribution in [3.63, 3.8) is 0 Å². The van der Waals surface area contributed by atoms with Crippen molar-refractivity contribution in [2.24, 2.45) is 0 Å². The molecule has 0 atom stereocenters. The number of amides is 1. The van der Waals surface area contributed by atoms with Crippen LogP contribution in [0.15, 0.2) is 36.4 Å². The zero-order valence-corrected chi connectivity index (χ0v) is 10.8. The van der Waals surface area contributed by atoms with E-state index in [-0.39, 0.29) is 11.6 Å². The van der Waals surface area contributed by atoms with Gasteiger partial charge >= 0.3 is 0 Å². The number of hydrogen-bond acceptors (Lipinski definition) is 2. The van der Waals surface area contributed by atoms with Gasteiger partial charge in [0.25, 0.3) is 5.91 Å². The van der Waals surface area contributed by atoms with Gasteiger partial charge in [-0.1, -0.05) is 17.7 Å². The molecule has 0 spiro atoms. The number of nitrogens with one attached hydrogen (secondary N) is 1. The van der Waals surface area contributed by atoms with E-state index >= 15 is 0 Å². The molecule has 2 rings (SSSR count). The molecule has 0 aliphatic carbocycles. The lowest BCUT2D eigenvalue weighted by Gasteiger charge is -2.09. The van der Waals surface area contributed by atoms with Crippen LogP contribution in [0.4, 0.5) is 10.1 Å². The number of halogens is 2. The van der Waals surface area contributed by atoms with Gasteiger partial charge in [-0.25, -0.2) is 4.39 Å². The number of phenols is 1. The van der Waals surface area contributed by atoms with E-state index in [1.165, 1.54) is 12.1 Å². The first-order chi connectivity index (χ1) is 8.99. The van der Waals surface area contributed by atoms with Crippen LogP contribution < -0.4 is 5.32 Å². The molecule has 0 aromatic heterocycles. The number of carbonyl (C=O) groups excluding carboxylic acids is 1. The van der Waals surface area contributed by atoms with Crippen LogP contribution in [0.2, 0.25) is 5.02 Å². The van der Waals surface area contributed by atoms with Crippen molar-refractivity contribution in [2.45, 2.75) is 6.92 Å². The molecule has 0 radical (unpaired) electrons. The SMILES string of the molecule is Cc1c(Cl)cccc1C(=O)Nc1ccc(O)c(F)c1. The molecule has 0 aliphatic rings. The first-order valence-electron chi connectivity index (χ1n) is 5.54. The van der Waals surface area contributed by atoms with Crippen molar-refractivity contribution >= 4 is 23.2 Å². The smallest absolute Gasteiger partial charge is 0.255 e. The third-order valence-electron chi connectivity index (χ3n) is 2.72. The first kappa shape index (κ1) is 13.4. The number of phenolic OH excluding ortho intramolecular Hbond substituents is 1. The van der Waals surface area contributed by atoms with Crippen LogP contribution in [0.3, 0.4) is 0 Å². The zero-order valence-electron chi connectivity index (χ0n) is 10.1. The lowest BCUT2D eigenvalue weighted by atomic mass is 10.1. The van der Waals surface area contributed by atoms with Crippen LogP contribution in [0, 0.1) is 12.7 Å². The second-order valence-electron chi connectivity index (χ2n) is 4.03. The van der Waals surface area contributed by atoms with Crippen molar-refractivity contribution in [2.75, 3.05) is 5.32 Å². The Hall–Kier alpha value is -2.07. The Balaban J connectivity index is 2.26. The Bertz CT molecular complexity index is 643. The molecule has 0 bridgehead atoms. The van der Waals surface area contributed by atoms with Gasteiger partial charge in [-0.15, -0.1) is 0 Å². The fraction of sp³-hybridized carbons (Fsp3) is 0.0714. The highest BCUT2D eigenvalue weighted by atomic mass is 35.5. The third kappa shape index (κ3) is 2.85. The molecular weight excluding hydrogens is 269 g/mol. The zero-order chi connectivity index (χ0) is 14.0. The highest BCUT2D eigenvalue weighted by molar-refractivity contribution is 6.32. The largest absolute Gasteiger partial charge is 0.505 e. The molecule has 3 nitrogen and oxygen atoms in total. The van der Waals surface area contributed by atoms with E-state index < -0.39 is 11.6 Å². The number of rotatable bonds is 2. The quantitative estimate of drug-likeness (QED) is 0.823. The van der Waals surface area contributed by atoms with E-state index in [0.717, 1.165) is 6.07 Å². The van der Waals surface area contributed by atoms with Crippen LogP contribution in [0.5, 0.6) is 5.75 Å². The van der Waals surface area contributed by atoms with E-state index in [0.29, 0.717) is 16.1 Å². The predicted molar refractivity (Wildman–Crippen MR) is 72.2 cm³/mol. The molecule has 0 saturated carbocycles. The molecule has 5 heteroatoms. The predicted octanol–water partition coefficient (Wildman–Crippen LogP) is 3.75. The average molecular weight is 280 g/mol. The molecule has 19 heavy (non-hydrogen) atoms. The van der Waals surface area contributed by atoms with E-state index in [1.807, 2.05) is 0 Å². The molecule has 0 saturated heterocycles. The Kier molecular flexibility index (Phi) is 3.71. The van der Waals surface area contributed by atoms with Crippen LogP contribution in [-0.4, -0.2) is 11.0 Å². The van der Waals surface area contributed by atoms with Crippen molar-refractivity contribution in [3.05, 3.63) is 58.4 Å². The highest BCUT2D eigenvalue weighted by Gasteiger charge is 2.12. The van der Waals surface area contributed by atoms with Crippen LogP contribution in [-0.2, 0) is 0 Å². The summed E-state index contributed by atoms with van der Waals surface area (Å²) in [6, 6.07) is 8.63. The Morgan fingerprint density at radius 3 is 2.74 bits per heavy atom. The maximum atomic E-state index is 13.2. The minimum Gasteiger partial charge on any atom is -0.505 e.